The molecule has 0 amide bonds. The van der Waals surface area contributed by atoms with Gasteiger partial charge in [0, 0.05) is 11.6 Å². The van der Waals surface area contributed by atoms with E-state index in [4.69, 9.17) is 5.73 Å². The van der Waals surface area contributed by atoms with Gasteiger partial charge in [0.25, 0.3) is 0 Å². The molecule has 14 heavy (non-hydrogen) atoms. The molecule has 0 unspecified atom stereocenters. The van der Waals surface area contributed by atoms with Crippen molar-refractivity contribution in [3.63, 3.8) is 0 Å². The number of halogens is 1. The summed E-state index contributed by atoms with van der Waals surface area (Å²) in [5.74, 6) is -0.573. The van der Waals surface area contributed by atoms with Crippen LogP contribution in [-0.4, -0.2) is 17.0 Å². The Hall–Kier alpha value is -1.68. The highest BCUT2D eigenvalue weighted by atomic mass is 19.1. The summed E-state index contributed by atoms with van der Waals surface area (Å²) in [5, 5.41) is 0.439. The Kier molecular flexibility index (Phi) is 2.05. The number of fused-ring (bicyclic) bond motifs is 1. The van der Waals surface area contributed by atoms with E-state index >= 15 is 0 Å². The van der Waals surface area contributed by atoms with Gasteiger partial charge in [-0.15, -0.1) is 0 Å². The van der Waals surface area contributed by atoms with Crippen molar-refractivity contribution >= 4 is 16.8 Å². The Morgan fingerprint density at radius 2 is 2.21 bits per heavy atom. The predicted molar refractivity (Wildman–Crippen MR) is 51.6 cm³/mol. The van der Waals surface area contributed by atoms with Crippen LogP contribution in [0.25, 0.3) is 10.9 Å². The van der Waals surface area contributed by atoms with Crippen molar-refractivity contribution in [1.82, 2.24) is 4.57 Å². The van der Waals surface area contributed by atoms with E-state index in [0.29, 0.717) is 10.9 Å². The molecule has 1 aromatic heterocycles. The number of carbonyl (C=O) groups excluding carboxylic acids is 1. The lowest BCUT2D eigenvalue weighted by atomic mass is 10.2. The molecular formula is C10H9FN2O. The third kappa shape index (κ3) is 1.20. The smallest absolute Gasteiger partial charge is 0.244 e. The molecule has 0 aliphatic heterocycles. The molecule has 4 heteroatoms. The van der Waals surface area contributed by atoms with Gasteiger partial charge in [-0.1, -0.05) is 6.07 Å². The zero-order valence-electron chi connectivity index (χ0n) is 7.40. The lowest BCUT2D eigenvalue weighted by molar-refractivity contribution is 0.0929. The Balaban J connectivity index is 2.70. The van der Waals surface area contributed by atoms with Crippen molar-refractivity contribution in [1.29, 1.82) is 0 Å². The summed E-state index contributed by atoms with van der Waals surface area (Å²) in [6.45, 7) is -0.0830. The monoisotopic (exact) mass is 192 g/mol. The predicted octanol–water partition coefficient (Wildman–Crippen LogP) is 1.38. The molecular weight excluding hydrogens is 183 g/mol. The molecule has 1 aromatic carbocycles. The molecule has 0 aliphatic carbocycles. The van der Waals surface area contributed by atoms with Crippen LogP contribution in [0, 0.1) is 5.82 Å². The summed E-state index contributed by atoms with van der Waals surface area (Å²) < 4.78 is 14.6. The van der Waals surface area contributed by atoms with E-state index in [1.54, 1.807) is 18.2 Å². The van der Waals surface area contributed by atoms with Crippen molar-refractivity contribution in [3.05, 3.63) is 36.3 Å². The molecule has 3 nitrogen and oxygen atoms in total. The van der Waals surface area contributed by atoms with Crippen LogP contribution in [0.3, 0.4) is 0 Å². The fraction of sp³-hybridized carbons (Fsp3) is 0.100. The second kappa shape index (κ2) is 3.23. The number of hydrogen-bond donors (Lipinski definition) is 1. The average Bonchev–Trinajstić information content (AvgIpc) is 2.62. The van der Waals surface area contributed by atoms with Crippen LogP contribution in [-0.2, 0) is 0 Å². The molecule has 0 radical (unpaired) electrons. The lowest BCUT2D eigenvalue weighted by Crippen LogP contribution is -2.19. The van der Waals surface area contributed by atoms with Gasteiger partial charge in [-0.25, -0.2) is 4.39 Å². The maximum atomic E-state index is 13.2. The topological polar surface area (TPSA) is 48.0 Å². The molecule has 2 rings (SSSR count). The third-order valence-corrected chi connectivity index (χ3v) is 2.12. The fourth-order valence-corrected chi connectivity index (χ4v) is 1.45. The third-order valence-electron chi connectivity index (χ3n) is 2.12. The first-order valence-corrected chi connectivity index (χ1v) is 4.23. The zero-order chi connectivity index (χ0) is 10.1. The molecule has 0 saturated heterocycles. The van der Waals surface area contributed by atoms with Gasteiger partial charge in [-0.2, -0.15) is 0 Å². The molecule has 0 aliphatic rings. The number of hydrogen-bond acceptors (Lipinski definition) is 2. The van der Waals surface area contributed by atoms with Gasteiger partial charge in [-0.3, -0.25) is 9.36 Å². The van der Waals surface area contributed by atoms with Gasteiger partial charge in [0.15, 0.2) is 0 Å². The fourth-order valence-electron chi connectivity index (χ4n) is 1.45. The van der Waals surface area contributed by atoms with Crippen molar-refractivity contribution in [2.75, 3.05) is 6.54 Å². The highest BCUT2D eigenvalue weighted by Gasteiger charge is 2.08. The van der Waals surface area contributed by atoms with E-state index in [2.05, 4.69) is 0 Å². The van der Waals surface area contributed by atoms with E-state index in [0.717, 1.165) is 0 Å². The van der Waals surface area contributed by atoms with Gasteiger partial charge in [-0.05, 0) is 18.2 Å². The molecule has 0 spiro atoms. The molecule has 2 N–H and O–H groups in total. The highest BCUT2D eigenvalue weighted by Crippen LogP contribution is 2.18. The largest absolute Gasteiger partial charge is 0.322 e. The highest BCUT2D eigenvalue weighted by molar-refractivity contribution is 5.93. The molecule has 2 aromatic rings. The van der Waals surface area contributed by atoms with Gasteiger partial charge in [0.1, 0.15) is 5.82 Å². The van der Waals surface area contributed by atoms with Gasteiger partial charge >= 0.3 is 0 Å². The molecule has 0 fully saturated rings. The summed E-state index contributed by atoms with van der Waals surface area (Å²) in [6, 6.07) is 6.18. The van der Waals surface area contributed by atoms with Gasteiger partial charge < -0.3 is 5.73 Å². The molecule has 0 bridgehead atoms. The van der Waals surface area contributed by atoms with Crippen LogP contribution < -0.4 is 5.73 Å². The minimum atomic E-state index is -0.328. The van der Waals surface area contributed by atoms with Crippen molar-refractivity contribution < 1.29 is 9.18 Å². The maximum absolute atomic E-state index is 13.2. The first-order valence-electron chi connectivity index (χ1n) is 4.23. The summed E-state index contributed by atoms with van der Waals surface area (Å²) >= 11 is 0. The van der Waals surface area contributed by atoms with E-state index in [1.165, 1.54) is 16.8 Å². The van der Waals surface area contributed by atoms with E-state index < -0.39 is 0 Å². The first kappa shape index (κ1) is 8.90. The standard InChI is InChI=1S/C10H9FN2O/c11-8-2-1-3-9-7(8)4-5-13(9)10(14)6-12/h1-5H,6,12H2. The molecule has 72 valence electrons. The quantitative estimate of drug-likeness (QED) is 0.742. The minimum Gasteiger partial charge on any atom is -0.322 e. The van der Waals surface area contributed by atoms with E-state index in [9.17, 15) is 9.18 Å². The van der Waals surface area contributed by atoms with Crippen LogP contribution in [0.15, 0.2) is 30.5 Å². The van der Waals surface area contributed by atoms with Crippen LogP contribution in [0.5, 0.6) is 0 Å². The van der Waals surface area contributed by atoms with Crippen LogP contribution in [0.2, 0.25) is 0 Å². The summed E-state index contributed by atoms with van der Waals surface area (Å²) in [6.07, 6.45) is 1.53. The van der Waals surface area contributed by atoms with Crippen LogP contribution in [0.4, 0.5) is 4.39 Å². The van der Waals surface area contributed by atoms with Crippen molar-refractivity contribution in [2.45, 2.75) is 0 Å². The normalized spacial score (nSPS) is 10.7. The Morgan fingerprint density at radius 3 is 2.93 bits per heavy atom. The summed E-state index contributed by atoms with van der Waals surface area (Å²) in [4.78, 5) is 11.3. The second-order valence-electron chi connectivity index (χ2n) is 2.96. The number of nitrogens with zero attached hydrogens (tertiary/aromatic N) is 1. The molecule has 0 saturated carbocycles. The van der Waals surface area contributed by atoms with Crippen LogP contribution in [0.1, 0.15) is 4.79 Å². The molecule has 0 atom stereocenters. The number of benzene rings is 1. The first-order chi connectivity index (χ1) is 6.74. The van der Waals surface area contributed by atoms with E-state index in [1.807, 2.05) is 0 Å². The molecule has 1 heterocycles. The van der Waals surface area contributed by atoms with Crippen molar-refractivity contribution in [2.24, 2.45) is 5.73 Å². The SMILES string of the molecule is NCC(=O)n1ccc2c(F)cccc21. The average molecular weight is 192 g/mol. The van der Waals surface area contributed by atoms with Gasteiger partial charge in [0.2, 0.25) is 5.91 Å². The zero-order valence-corrected chi connectivity index (χ0v) is 7.40. The Bertz CT molecular complexity index is 490. The minimum absolute atomic E-state index is 0.0830. The summed E-state index contributed by atoms with van der Waals surface area (Å²) in [5.41, 5.74) is 5.78. The van der Waals surface area contributed by atoms with E-state index in [-0.39, 0.29) is 18.3 Å². The number of aromatic nitrogens is 1. The number of carbonyl (C=O) groups is 1. The maximum Gasteiger partial charge on any atom is 0.244 e. The Labute approximate surface area is 79.9 Å². The summed E-state index contributed by atoms with van der Waals surface area (Å²) in [7, 11) is 0. The van der Waals surface area contributed by atoms with Gasteiger partial charge in [0.05, 0.1) is 12.1 Å². The second-order valence-corrected chi connectivity index (χ2v) is 2.96. The number of rotatable bonds is 1. The Morgan fingerprint density at radius 1 is 1.43 bits per heavy atom. The van der Waals surface area contributed by atoms with Crippen LogP contribution >= 0.6 is 0 Å². The lowest BCUT2D eigenvalue weighted by Gasteiger charge is -2.00. The number of nitrogens with two attached hydrogens (primary N) is 1. The van der Waals surface area contributed by atoms with Crippen molar-refractivity contribution in [3.8, 4) is 0 Å².